The summed E-state index contributed by atoms with van der Waals surface area (Å²) in [5.74, 6) is 2.03. The number of allylic oxidation sites excluding steroid dienone is 2. The molecule has 208 valence electrons. The van der Waals surface area contributed by atoms with E-state index in [4.69, 9.17) is 9.47 Å². The SMILES string of the molecule is CCC(/C=C1\Oc2ccc(-c3ccccc3)cc2N1CC(C)S(=O)(=O)O)=C\c1[se]c2ccc(OC)cc2[n+]1CC. The van der Waals surface area contributed by atoms with Crippen molar-refractivity contribution in [2.75, 3.05) is 18.6 Å². The van der Waals surface area contributed by atoms with E-state index in [1.807, 2.05) is 65.6 Å². The van der Waals surface area contributed by atoms with Crippen LogP contribution >= 0.6 is 0 Å². The Balaban J connectivity index is 1.57. The van der Waals surface area contributed by atoms with Gasteiger partial charge in [-0.2, -0.15) is 0 Å². The standard InChI is InChI=1S/C31H32N2O5SSe/c1-5-22(17-31-32(6-2)27-19-25(37-4)13-15-29(27)40-31)16-30-33(20-21(3)39(34,35)36)26-18-24(12-14-28(26)38-30)23-10-8-7-9-11-23/h7-19,21H,5-6,20H2,1-4H3/p+1. The van der Waals surface area contributed by atoms with E-state index in [1.165, 1.54) is 21.3 Å². The Bertz CT molecular complexity index is 1710. The van der Waals surface area contributed by atoms with Gasteiger partial charge in [-0.3, -0.25) is 0 Å². The molecule has 0 saturated carbocycles. The van der Waals surface area contributed by atoms with Crippen LogP contribution in [0.15, 0.2) is 84.3 Å². The number of hydrogen-bond donors (Lipinski definition) is 1. The van der Waals surface area contributed by atoms with E-state index in [0.717, 1.165) is 41.1 Å². The molecule has 4 aromatic rings. The van der Waals surface area contributed by atoms with Crippen LogP contribution in [0.4, 0.5) is 5.69 Å². The van der Waals surface area contributed by atoms with E-state index in [2.05, 4.69) is 36.6 Å². The predicted octanol–water partition coefficient (Wildman–Crippen LogP) is 5.69. The number of rotatable bonds is 9. The molecule has 0 radical (unpaired) electrons. The monoisotopic (exact) mass is 625 g/mol. The average Bonchev–Trinajstić information content (AvgIpc) is 3.48. The normalized spacial score (nSPS) is 15.4. The number of fused-ring (bicyclic) bond motifs is 2. The van der Waals surface area contributed by atoms with Crippen LogP contribution in [0.2, 0.25) is 0 Å². The molecular formula is C31H33N2O5SSe+. The van der Waals surface area contributed by atoms with Gasteiger partial charge in [-0.1, -0.05) is 6.07 Å². The van der Waals surface area contributed by atoms with Crippen molar-refractivity contribution in [2.24, 2.45) is 0 Å². The average molecular weight is 625 g/mol. The second kappa shape index (κ2) is 11.6. The Morgan fingerprint density at radius 3 is 2.55 bits per heavy atom. The fourth-order valence-electron chi connectivity index (χ4n) is 4.76. The van der Waals surface area contributed by atoms with Crippen LogP contribution in [0.1, 0.15) is 31.8 Å². The first-order chi connectivity index (χ1) is 19.2. The third-order valence-corrected chi connectivity index (χ3v) is 10.6. The van der Waals surface area contributed by atoms with Gasteiger partial charge in [0.2, 0.25) is 0 Å². The zero-order chi connectivity index (χ0) is 28.4. The molecule has 1 N–H and O–H groups in total. The van der Waals surface area contributed by atoms with Gasteiger partial charge in [0, 0.05) is 0 Å². The summed E-state index contributed by atoms with van der Waals surface area (Å²) in [6.07, 6.45) is 4.96. The number of hydrogen-bond acceptors (Lipinski definition) is 5. The van der Waals surface area contributed by atoms with Gasteiger partial charge in [0.1, 0.15) is 0 Å². The molecule has 9 heteroatoms. The molecule has 1 unspecified atom stereocenters. The third kappa shape index (κ3) is 5.74. The fourth-order valence-corrected chi connectivity index (χ4v) is 7.58. The second-order valence-electron chi connectivity index (χ2n) is 9.66. The molecule has 7 nitrogen and oxygen atoms in total. The molecule has 3 aromatic carbocycles. The summed E-state index contributed by atoms with van der Waals surface area (Å²) in [5.41, 5.74) is 5.06. The van der Waals surface area contributed by atoms with Crippen molar-refractivity contribution in [2.45, 2.75) is 39.0 Å². The number of anilines is 1. The number of aryl methyl sites for hydroxylation is 1. The Hall–Kier alpha value is -3.36. The van der Waals surface area contributed by atoms with Crippen molar-refractivity contribution in [1.82, 2.24) is 0 Å². The molecule has 1 atom stereocenters. The van der Waals surface area contributed by atoms with Crippen molar-refractivity contribution < 1.29 is 27.0 Å². The summed E-state index contributed by atoms with van der Waals surface area (Å²) in [5, 5.41) is -1.01. The molecule has 0 fully saturated rings. The molecule has 40 heavy (non-hydrogen) atoms. The molecule has 2 heterocycles. The molecule has 0 bridgehead atoms. The first-order valence-electron chi connectivity index (χ1n) is 13.3. The van der Waals surface area contributed by atoms with Gasteiger partial charge in [0.05, 0.1) is 0 Å². The van der Waals surface area contributed by atoms with E-state index in [1.54, 1.807) is 7.11 Å². The van der Waals surface area contributed by atoms with Gasteiger partial charge in [0.15, 0.2) is 0 Å². The van der Waals surface area contributed by atoms with E-state index >= 15 is 0 Å². The van der Waals surface area contributed by atoms with Crippen LogP contribution in [-0.2, 0) is 16.7 Å². The molecule has 0 spiro atoms. The van der Waals surface area contributed by atoms with Gasteiger partial charge >= 0.3 is 236 Å². The molecule has 0 amide bonds. The summed E-state index contributed by atoms with van der Waals surface area (Å²) >= 11 is 0.139. The molecule has 0 saturated heterocycles. The second-order valence-corrected chi connectivity index (χ2v) is 13.7. The molecule has 0 aliphatic carbocycles. The van der Waals surface area contributed by atoms with Crippen molar-refractivity contribution >= 4 is 46.2 Å². The summed E-state index contributed by atoms with van der Waals surface area (Å²) in [6.45, 7) is 6.63. The van der Waals surface area contributed by atoms with Crippen molar-refractivity contribution in [3.05, 3.63) is 88.8 Å². The van der Waals surface area contributed by atoms with Gasteiger partial charge in [0.25, 0.3) is 0 Å². The van der Waals surface area contributed by atoms with Crippen LogP contribution in [0.5, 0.6) is 11.5 Å². The summed E-state index contributed by atoms with van der Waals surface area (Å²) < 4.78 is 50.4. The van der Waals surface area contributed by atoms with Gasteiger partial charge < -0.3 is 0 Å². The summed E-state index contributed by atoms with van der Waals surface area (Å²) in [7, 11) is -2.55. The van der Waals surface area contributed by atoms with Gasteiger partial charge in [-0.15, -0.1) is 0 Å². The molecular weight excluding hydrogens is 591 g/mol. The molecule has 5 rings (SSSR count). The summed E-state index contributed by atoms with van der Waals surface area (Å²) in [6, 6.07) is 22.2. The minimum absolute atomic E-state index is 0.0553. The molecule has 1 aliphatic heterocycles. The van der Waals surface area contributed by atoms with Crippen molar-refractivity contribution in [1.29, 1.82) is 0 Å². The third-order valence-electron chi connectivity index (χ3n) is 7.07. The Labute approximate surface area is 241 Å². The zero-order valence-electron chi connectivity index (χ0n) is 23.0. The Morgan fingerprint density at radius 2 is 1.88 bits per heavy atom. The van der Waals surface area contributed by atoms with Crippen LogP contribution < -0.4 is 18.9 Å². The van der Waals surface area contributed by atoms with E-state index in [0.29, 0.717) is 11.6 Å². The Kier molecular flexibility index (Phi) is 8.19. The minimum atomic E-state index is -4.24. The Morgan fingerprint density at radius 1 is 1.10 bits per heavy atom. The van der Waals surface area contributed by atoms with Gasteiger partial charge in [-0.25, -0.2) is 0 Å². The van der Waals surface area contributed by atoms with Crippen LogP contribution in [-0.4, -0.2) is 46.4 Å². The summed E-state index contributed by atoms with van der Waals surface area (Å²) in [4.78, 5) is 1.85. The van der Waals surface area contributed by atoms with Crippen LogP contribution in [0.25, 0.3) is 27.0 Å². The number of ether oxygens (including phenoxy) is 2. The topological polar surface area (TPSA) is 80.0 Å². The maximum atomic E-state index is 12.0. The maximum absolute atomic E-state index is 12.0. The molecule has 1 aliphatic rings. The number of aromatic nitrogens is 1. The fraction of sp³-hybridized carbons (Fsp3) is 0.258. The van der Waals surface area contributed by atoms with E-state index in [9.17, 15) is 13.0 Å². The van der Waals surface area contributed by atoms with Gasteiger partial charge in [-0.05, 0) is 0 Å². The van der Waals surface area contributed by atoms with Crippen molar-refractivity contribution in [3.63, 3.8) is 0 Å². The number of nitrogens with zero attached hydrogens (tertiary/aromatic N) is 2. The molecule has 1 aromatic heterocycles. The zero-order valence-corrected chi connectivity index (χ0v) is 25.5. The first kappa shape index (κ1) is 28.2. The predicted molar refractivity (Wildman–Crippen MR) is 161 cm³/mol. The van der Waals surface area contributed by atoms with Crippen LogP contribution in [0, 0.1) is 0 Å². The number of benzene rings is 3. The van der Waals surface area contributed by atoms with E-state index < -0.39 is 15.4 Å². The van der Waals surface area contributed by atoms with E-state index in [-0.39, 0.29) is 21.0 Å². The van der Waals surface area contributed by atoms with Crippen molar-refractivity contribution in [3.8, 4) is 22.6 Å². The number of methoxy groups -OCH3 is 1. The quantitative estimate of drug-likeness (QED) is 0.147. The van der Waals surface area contributed by atoms with Crippen LogP contribution in [0.3, 0.4) is 0 Å². The first-order valence-corrected chi connectivity index (χ1v) is 16.5.